The van der Waals surface area contributed by atoms with Crippen molar-refractivity contribution < 1.29 is 18.7 Å². The molecule has 1 amide bonds. The number of halogens is 3. The van der Waals surface area contributed by atoms with E-state index in [0.717, 1.165) is 16.2 Å². The number of amides is 1. The third-order valence-corrected chi connectivity index (χ3v) is 6.43. The number of carbonyl (C=O) groups excluding carboxylic acids is 1. The Labute approximate surface area is 203 Å². The summed E-state index contributed by atoms with van der Waals surface area (Å²) in [5.41, 5.74) is 0.736. The van der Waals surface area contributed by atoms with Crippen LogP contribution in [0.2, 0.25) is 0 Å². The Kier molecular flexibility index (Phi) is 6.92. The van der Waals surface area contributed by atoms with Gasteiger partial charge in [0.25, 0.3) is 5.91 Å². The van der Waals surface area contributed by atoms with E-state index in [1.807, 2.05) is 0 Å². The van der Waals surface area contributed by atoms with Crippen molar-refractivity contribution in [3.63, 3.8) is 0 Å². The molecule has 1 saturated heterocycles. The largest absolute Gasteiger partial charge is 0.506 e. The minimum Gasteiger partial charge on any atom is -0.506 e. The van der Waals surface area contributed by atoms with E-state index in [2.05, 4.69) is 42.1 Å². The molecule has 2 aromatic carbocycles. The van der Waals surface area contributed by atoms with E-state index >= 15 is 0 Å². The molecule has 0 aliphatic carbocycles. The first-order valence-corrected chi connectivity index (χ1v) is 11.6. The number of hydrogen-bond acceptors (Lipinski definition) is 6. The van der Waals surface area contributed by atoms with Gasteiger partial charge in [-0.1, -0.05) is 34.1 Å². The zero-order valence-electron chi connectivity index (χ0n) is 16.2. The van der Waals surface area contributed by atoms with Crippen LogP contribution in [-0.4, -0.2) is 27.3 Å². The third kappa shape index (κ3) is 5.03. The summed E-state index contributed by atoms with van der Waals surface area (Å²) in [5, 5.41) is 18.8. The fraction of sp³-hybridized carbons (Fsp3) is 0.0455. The van der Waals surface area contributed by atoms with Gasteiger partial charge >= 0.3 is 0 Å². The van der Waals surface area contributed by atoms with Gasteiger partial charge in [-0.25, -0.2) is 4.39 Å². The van der Waals surface area contributed by atoms with E-state index in [1.54, 1.807) is 48.5 Å². The number of carbonyl (C=O) groups is 1. The van der Waals surface area contributed by atoms with Crippen molar-refractivity contribution in [3.05, 3.63) is 91.3 Å². The number of rotatable bonds is 5. The molecule has 3 aromatic rings. The van der Waals surface area contributed by atoms with Crippen LogP contribution in [0.15, 0.2) is 83.3 Å². The Morgan fingerprint density at radius 1 is 1.16 bits per heavy atom. The molecule has 1 aliphatic rings. The normalized spacial score (nSPS) is 16.7. The van der Waals surface area contributed by atoms with E-state index in [1.165, 1.54) is 23.4 Å². The number of furan rings is 1. The third-order valence-electron chi connectivity index (χ3n) is 4.37. The van der Waals surface area contributed by atoms with Crippen molar-refractivity contribution in [3.8, 4) is 5.75 Å². The topological polar surface area (TPSA) is 78.4 Å². The van der Waals surface area contributed by atoms with Crippen LogP contribution in [0.5, 0.6) is 5.75 Å². The highest BCUT2D eigenvalue weighted by Crippen LogP contribution is 2.38. The van der Waals surface area contributed by atoms with E-state index in [-0.39, 0.29) is 23.8 Å². The zero-order chi connectivity index (χ0) is 22.7. The minimum atomic E-state index is -0.421. The van der Waals surface area contributed by atoms with Gasteiger partial charge in [-0.05, 0) is 64.1 Å². The Hall–Kier alpha value is -2.69. The highest BCUT2D eigenvalue weighted by Gasteiger charge is 2.34. The van der Waals surface area contributed by atoms with E-state index < -0.39 is 5.82 Å². The van der Waals surface area contributed by atoms with E-state index in [9.17, 15) is 14.3 Å². The molecule has 32 heavy (non-hydrogen) atoms. The van der Waals surface area contributed by atoms with Crippen LogP contribution in [0, 0.1) is 5.82 Å². The second kappa shape index (κ2) is 9.85. The molecule has 0 bridgehead atoms. The molecule has 4 rings (SSSR count). The maximum absolute atomic E-state index is 13.8. The van der Waals surface area contributed by atoms with Crippen molar-refractivity contribution in [1.82, 2.24) is 4.90 Å². The summed E-state index contributed by atoms with van der Waals surface area (Å²) in [7, 11) is 0. The van der Waals surface area contributed by atoms with Crippen molar-refractivity contribution in [1.29, 1.82) is 0 Å². The molecule has 1 fully saturated rings. The van der Waals surface area contributed by atoms with Crippen LogP contribution in [0.25, 0.3) is 6.08 Å². The highest BCUT2D eigenvalue weighted by molar-refractivity contribution is 9.11. The number of phenolic OH excluding ortho intramolecular Hbond substituents is 1. The predicted octanol–water partition coefficient (Wildman–Crippen LogP) is 6.16. The molecule has 2 heterocycles. The van der Waals surface area contributed by atoms with Gasteiger partial charge in [0.2, 0.25) is 0 Å². The molecule has 1 aromatic heterocycles. The Bertz CT molecular complexity index is 1260. The van der Waals surface area contributed by atoms with Crippen LogP contribution in [0.1, 0.15) is 16.9 Å². The van der Waals surface area contributed by atoms with Crippen molar-refractivity contribution in [2.45, 2.75) is 6.54 Å². The number of aromatic hydroxyl groups is 1. The van der Waals surface area contributed by atoms with Crippen molar-refractivity contribution in [2.75, 3.05) is 0 Å². The van der Waals surface area contributed by atoms with Crippen LogP contribution >= 0.6 is 43.6 Å². The highest BCUT2D eigenvalue weighted by atomic mass is 79.9. The maximum atomic E-state index is 13.8. The predicted molar refractivity (Wildman–Crippen MR) is 130 cm³/mol. The van der Waals surface area contributed by atoms with Crippen LogP contribution in [0.3, 0.4) is 0 Å². The number of nitrogens with zero attached hydrogens (tertiary/aromatic N) is 3. The van der Waals surface area contributed by atoms with Crippen molar-refractivity contribution >= 4 is 67.0 Å². The lowest BCUT2D eigenvalue weighted by Gasteiger charge is -2.12. The zero-order valence-corrected chi connectivity index (χ0v) is 20.2. The first kappa shape index (κ1) is 22.5. The first-order valence-electron chi connectivity index (χ1n) is 9.19. The van der Waals surface area contributed by atoms with Gasteiger partial charge in [-0.3, -0.25) is 9.69 Å². The van der Waals surface area contributed by atoms with E-state index in [0.29, 0.717) is 25.9 Å². The molecule has 0 saturated carbocycles. The average molecular weight is 579 g/mol. The van der Waals surface area contributed by atoms with Crippen LogP contribution in [-0.2, 0) is 11.3 Å². The SMILES string of the molecule is O=C1/C(=C/c2cc(Br)cc(Br)c2O)S/C(=N/N=C\c2ccccc2F)N1Cc1ccco1. The number of amidine groups is 1. The second-order valence-electron chi connectivity index (χ2n) is 6.56. The number of phenols is 1. The molecule has 10 heteroatoms. The smallest absolute Gasteiger partial charge is 0.267 e. The Morgan fingerprint density at radius 3 is 2.72 bits per heavy atom. The van der Waals surface area contributed by atoms with Crippen LogP contribution < -0.4 is 0 Å². The standard InChI is InChI=1S/C22H14Br2FN3O3S/c23-15-8-14(20(29)17(24)10-15)9-19-21(30)28(12-16-5-3-7-31-16)22(32-19)27-26-11-13-4-1-2-6-18(13)25/h1-11,29H,12H2/b19-9-,26-11-,27-22+. The maximum Gasteiger partial charge on any atom is 0.267 e. The summed E-state index contributed by atoms with van der Waals surface area (Å²) < 4.78 is 20.4. The summed E-state index contributed by atoms with van der Waals surface area (Å²) in [6.07, 6.45) is 4.39. The molecule has 1 aliphatic heterocycles. The summed E-state index contributed by atoms with van der Waals surface area (Å²) in [4.78, 5) is 14.9. The minimum absolute atomic E-state index is 0.00893. The molecule has 6 nitrogen and oxygen atoms in total. The lowest BCUT2D eigenvalue weighted by atomic mass is 10.2. The molecule has 162 valence electrons. The molecular weight excluding hydrogens is 565 g/mol. The average Bonchev–Trinajstić information content (AvgIpc) is 3.37. The second-order valence-corrected chi connectivity index (χ2v) is 9.33. The quantitative estimate of drug-likeness (QED) is 0.223. The Balaban J connectivity index is 1.68. The molecule has 0 radical (unpaired) electrons. The monoisotopic (exact) mass is 577 g/mol. The van der Waals surface area contributed by atoms with Crippen molar-refractivity contribution in [2.24, 2.45) is 10.2 Å². The van der Waals surface area contributed by atoms with E-state index in [4.69, 9.17) is 4.42 Å². The van der Waals surface area contributed by atoms with Gasteiger partial charge in [-0.2, -0.15) is 5.10 Å². The summed E-state index contributed by atoms with van der Waals surface area (Å²) in [6, 6.07) is 13.1. The first-order chi connectivity index (χ1) is 15.4. The molecule has 0 spiro atoms. The van der Waals surface area contributed by atoms with Crippen LogP contribution in [0.4, 0.5) is 4.39 Å². The van der Waals surface area contributed by atoms with Gasteiger partial charge in [0, 0.05) is 15.6 Å². The van der Waals surface area contributed by atoms with Gasteiger partial charge in [0.15, 0.2) is 5.17 Å². The number of benzene rings is 2. The van der Waals surface area contributed by atoms with Gasteiger partial charge < -0.3 is 9.52 Å². The Morgan fingerprint density at radius 2 is 1.97 bits per heavy atom. The lowest BCUT2D eigenvalue weighted by molar-refractivity contribution is -0.122. The summed E-state index contributed by atoms with van der Waals surface area (Å²) in [6.45, 7) is 0.151. The fourth-order valence-corrected chi connectivity index (χ4v) is 5.02. The van der Waals surface area contributed by atoms with Gasteiger partial charge in [0.1, 0.15) is 17.3 Å². The summed E-state index contributed by atoms with van der Waals surface area (Å²) in [5.74, 6) is -0.161. The number of hydrogen-bond donors (Lipinski definition) is 1. The molecule has 1 N–H and O–H groups in total. The number of thioether (sulfide) groups is 1. The van der Waals surface area contributed by atoms with Gasteiger partial charge in [0.05, 0.1) is 28.4 Å². The molecular formula is C22H14Br2FN3O3S. The fourth-order valence-electron chi connectivity index (χ4n) is 2.84. The molecule has 0 atom stereocenters. The van der Waals surface area contributed by atoms with Gasteiger partial charge in [-0.15, -0.1) is 5.10 Å². The summed E-state index contributed by atoms with van der Waals surface area (Å²) >= 11 is 7.77. The molecule has 0 unspecified atom stereocenters. The lowest BCUT2D eigenvalue weighted by Crippen LogP contribution is -2.28.